The second-order valence-corrected chi connectivity index (χ2v) is 6.70. The van der Waals surface area contributed by atoms with Gasteiger partial charge in [-0.25, -0.2) is 0 Å². The van der Waals surface area contributed by atoms with Crippen molar-refractivity contribution in [3.8, 4) is 0 Å². The average Bonchev–Trinajstić information content (AvgIpc) is 2.60. The number of aromatic nitrogens is 1. The minimum absolute atomic E-state index is 0.173. The second-order valence-electron chi connectivity index (χ2n) is 6.27. The van der Waals surface area contributed by atoms with E-state index in [1.807, 2.05) is 44.2 Å². The Kier molecular flexibility index (Phi) is 5.24. The molecule has 1 aromatic heterocycles. The predicted octanol–water partition coefficient (Wildman–Crippen LogP) is 4.42. The SMILES string of the molecule is Cc1ccc(NC(=O)c2ccc(=O)n(Cc3cccc(Cl)c3)c2)cc1C. The number of halogens is 1. The summed E-state index contributed by atoms with van der Waals surface area (Å²) in [6.07, 6.45) is 1.57. The van der Waals surface area contributed by atoms with E-state index >= 15 is 0 Å². The highest BCUT2D eigenvalue weighted by molar-refractivity contribution is 6.30. The summed E-state index contributed by atoms with van der Waals surface area (Å²) in [5, 5.41) is 3.48. The Hall–Kier alpha value is -2.85. The number of rotatable bonds is 4. The van der Waals surface area contributed by atoms with Gasteiger partial charge in [-0.2, -0.15) is 0 Å². The fraction of sp³-hybridized carbons (Fsp3) is 0.143. The van der Waals surface area contributed by atoms with Crippen LogP contribution < -0.4 is 10.9 Å². The van der Waals surface area contributed by atoms with Gasteiger partial charge in [-0.15, -0.1) is 0 Å². The molecule has 0 bridgehead atoms. The van der Waals surface area contributed by atoms with Crippen molar-refractivity contribution < 1.29 is 4.79 Å². The van der Waals surface area contributed by atoms with Crippen molar-refractivity contribution in [2.45, 2.75) is 20.4 Å². The number of hydrogen-bond donors (Lipinski definition) is 1. The summed E-state index contributed by atoms with van der Waals surface area (Å²) in [5.74, 6) is -0.256. The van der Waals surface area contributed by atoms with E-state index in [4.69, 9.17) is 11.6 Å². The molecule has 3 rings (SSSR count). The van der Waals surface area contributed by atoms with Gasteiger partial charge in [0.15, 0.2) is 0 Å². The van der Waals surface area contributed by atoms with E-state index in [0.29, 0.717) is 17.1 Å². The molecule has 1 heterocycles. The van der Waals surface area contributed by atoms with Crippen LogP contribution in [0.15, 0.2) is 65.6 Å². The van der Waals surface area contributed by atoms with Gasteiger partial charge in [-0.05, 0) is 60.9 Å². The molecule has 1 amide bonds. The van der Waals surface area contributed by atoms with Crippen LogP contribution in [0.25, 0.3) is 0 Å². The average molecular weight is 367 g/mol. The lowest BCUT2D eigenvalue weighted by Gasteiger charge is -2.10. The smallest absolute Gasteiger partial charge is 0.257 e. The Bertz CT molecular complexity index is 1020. The van der Waals surface area contributed by atoms with Crippen LogP contribution in [0.5, 0.6) is 0 Å². The molecule has 26 heavy (non-hydrogen) atoms. The Labute approximate surface area is 157 Å². The van der Waals surface area contributed by atoms with Crippen LogP contribution in [0.3, 0.4) is 0 Å². The maximum Gasteiger partial charge on any atom is 0.257 e. The van der Waals surface area contributed by atoms with Gasteiger partial charge < -0.3 is 9.88 Å². The fourth-order valence-corrected chi connectivity index (χ4v) is 2.86. The monoisotopic (exact) mass is 366 g/mol. The minimum Gasteiger partial charge on any atom is -0.322 e. The molecule has 132 valence electrons. The van der Waals surface area contributed by atoms with Gasteiger partial charge in [0.25, 0.3) is 11.5 Å². The maximum absolute atomic E-state index is 12.5. The van der Waals surface area contributed by atoms with E-state index in [1.165, 1.54) is 16.7 Å². The summed E-state index contributed by atoms with van der Waals surface area (Å²) in [7, 11) is 0. The maximum atomic E-state index is 12.5. The molecule has 5 heteroatoms. The number of benzene rings is 2. The number of aryl methyl sites for hydroxylation is 2. The van der Waals surface area contributed by atoms with Gasteiger partial charge in [-0.1, -0.05) is 29.8 Å². The predicted molar refractivity (Wildman–Crippen MR) is 105 cm³/mol. The molecule has 0 aliphatic rings. The van der Waals surface area contributed by atoms with E-state index < -0.39 is 0 Å². The van der Waals surface area contributed by atoms with Crippen LogP contribution in [0, 0.1) is 13.8 Å². The van der Waals surface area contributed by atoms with Gasteiger partial charge >= 0.3 is 0 Å². The molecule has 0 spiro atoms. The largest absolute Gasteiger partial charge is 0.322 e. The fourth-order valence-electron chi connectivity index (χ4n) is 2.64. The van der Waals surface area contributed by atoms with Crippen molar-refractivity contribution in [1.82, 2.24) is 4.57 Å². The Balaban J connectivity index is 1.83. The molecule has 1 N–H and O–H groups in total. The van der Waals surface area contributed by atoms with E-state index in [-0.39, 0.29) is 11.5 Å². The minimum atomic E-state index is -0.256. The lowest BCUT2D eigenvalue weighted by atomic mass is 10.1. The van der Waals surface area contributed by atoms with Crippen LogP contribution in [0.1, 0.15) is 27.0 Å². The summed E-state index contributed by atoms with van der Waals surface area (Å²) >= 11 is 6.00. The van der Waals surface area contributed by atoms with Crippen molar-refractivity contribution in [2.75, 3.05) is 5.32 Å². The Morgan fingerprint density at radius 2 is 1.85 bits per heavy atom. The zero-order valence-electron chi connectivity index (χ0n) is 14.6. The Morgan fingerprint density at radius 3 is 2.58 bits per heavy atom. The van der Waals surface area contributed by atoms with Crippen molar-refractivity contribution in [2.24, 2.45) is 0 Å². The first kappa shape index (κ1) is 18.0. The number of carbonyl (C=O) groups excluding carboxylic acids is 1. The number of carbonyl (C=O) groups is 1. The van der Waals surface area contributed by atoms with Crippen molar-refractivity contribution >= 4 is 23.2 Å². The first-order valence-electron chi connectivity index (χ1n) is 8.26. The zero-order valence-corrected chi connectivity index (χ0v) is 15.4. The molecule has 0 saturated heterocycles. The molecule has 0 atom stereocenters. The third-order valence-electron chi connectivity index (χ3n) is 4.25. The highest BCUT2D eigenvalue weighted by Gasteiger charge is 2.09. The van der Waals surface area contributed by atoms with Gasteiger partial charge in [0.2, 0.25) is 0 Å². The van der Waals surface area contributed by atoms with Crippen molar-refractivity contribution in [3.05, 3.63) is 98.4 Å². The first-order chi connectivity index (χ1) is 12.4. The summed E-state index contributed by atoms with van der Waals surface area (Å²) in [4.78, 5) is 24.7. The quantitative estimate of drug-likeness (QED) is 0.743. The van der Waals surface area contributed by atoms with E-state index in [1.54, 1.807) is 18.3 Å². The Morgan fingerprint density at radius 1 is 1.04 bits per heavy atom. The van der Waals surface area contributed by atoms with Gasteiger partial charge in [0.1, 0.15) is 0 Å². The highest BCUT2D eigenvalue weighted by atomic mass is 35.5. The van der Waals surface area contributed by atoms with E-state index in [0.717, 1.165) is 22.4 Å². The molecule has 0 unspecified atom stereocenters. The molecule has 0 aliphatic heterocycles. The third kappa shape index (κ3) is 4.21. The molecule has 0 saturated carbocycles. The summed E-state index contributed by atoms with van der Waals surface area (Å²) < 4.78 is 1.50. The third-order valence-corrected chi connectivity index (χ3v) is 4.49. The zero-order chi connectivity index (χ0) is 18.7. The number of pyridine rings is 1. The van der Waals surface area contributed by atoms with Gasteiger partial charge in [0.05, 0.1) is 12.1 Å². The number of anilines is 1. The first-order valence-corrected chi connectivity index (χ1v) is 8.64. The van der Waals surface area contributed by atoms with Crippen LogP contribution in [-0.2, 0) is 6.54 Å². The highest BCUT2D eigenvalue weighted by Crippen LogP contribution is 2.15. The number of nitrogens with zero attached hydrogens (tertiary/aromatic N) is 1. The van der Waals surface area contributed by atoms with E-state index in [9.17, 15) is 9.59 Å². The van der Waals surface area contributed by atoms with Crippen LogP contribution >= 0.6 is 11.6 Å². The second kappa shape index (κ2) is 7.58. The van der Waals surface area contributed by atoms with Crippen LogP contribution in [0.4, 0.5) is 5.69 Å². The van der Waals surface area contributed by atoms with Crippen molar-refractivity contribution in [3.63, 3.8) is 0 Å². The number of hydrogen-bond acceptors (Lipinski definition) is 2. The summed E-state index contributed by atoms with van der Waals surface area (Å²) in [5.41, 5.74) is 4.14. The van der Waals surface area contributed by atoms with Crippen LogP contribution in [0.2, 0.25) is 5.02 Å². The molecular formula is C21H19ClN2O2. The van der Waals surface area contributed by atoms with Gasteiger partial charge in [-0.3, -0.25) is 9.59 Å². The number of nitrogens with one attached hydrogen (secondary N) is 1. The molecule has 2 aromatic carbocycles. The normalized spacial score (nSPS) is 10.6. The summed E-state index contributed by atoms with van der Waals surface area (Å²) in [6.45, 7) is 4.37. The van der Waals surface area contributed by atoms with Crippen LogP contribution in [-0.4, -0.2) is 10.5 Å². The van der Waals surface area contributed by atoms with E-state index in [2.05, 4.69) is 5.32 Å². The number of amides is 1. The van der Waals surface area contributed by atoms with Crippen molar-refractivity contribution in [1.29, 1.82) is 0 Å². The molecule has 4 nitrogen and oxygen atoms in total. The molecule has 0 fully saturated rings. The summed E-state index contributed by atoms with van der Waals surface area (Å²) in [6, 6.07) is 16.0. The lowest BCUT2D eigenvalue weighted by Crippen LogP contribution is -2.22. The topological polar surface area (TPSA) is 51.1 Å². The van der Waals surface area contributed by atoms with Gasteiger partial charge in [0, 0.05) is 23.0 Å². The molecule has 3 aromatic rings. The lowest BCUT2D eigenvalue weighted by molar-refractivity contribution is 0.102. The molecule has 0 radical (unpaired) electrons. The molecule has 0 aliphatic carbocycles. The standard InChI is InChI=1S/C21H19ClN2O2/c1-14-6-8-19(10-15(14)2)23-21(26)17-7-9-20(25)24(13-17)12-16-4-3-5-18(22)11-16/h3-11,13H,12H2,1-2H3,(H,23,26). The molecular weight excluding hydrogens is 348 g/mol.